The van der Waals surface area contributed by atoms with Gasteiger partial charge in [-0.05, 0) is 74.0 Å². The number of hydrogen-bond donors (Lipinski definition) is 1. The van der Waals surface area contributed by atoms with E-state index < -0.39 is 5.91 Å². The standard InChI is InChI=1S/C35H30N4O3/c1-3-41-32-18-16-30(17-19-32)37-35(40)28(22-36)20-29-23-39(31-9-5-4-6-10-31)38-34(29)27-8-7-11-33(21-27)42-24-26-14-12-25(2)13-15-26/h4-21,23H,3,24H2,1-2H3,(H,37,40). The lowest BCUT2D eigenvalue weighted by Gasteiger charge is -2.09. The molecule has 208 valence electrons. The van der Waals surface area contributed by atoms with E-state index in [1.54, 1.807) is 35.0 Å². The van der Waals surface area contributed by atoms with E-state index >= 15 is 0 Å². The van der Waals surface area contributed by atoms with Gasteiger partial charge in [-0.25, -0.2) is 4.68 Å². The summed E-state index contributed by atoms with van der Waals surface area (Å²) in [6.45, 7) is 4.94. The highest BCUT2D eigenvalue weighted by Gasteiger charge is 2.16. The molecule has 0 saturated carbocycles. The molecule has 1 N–H and O–H groups in total. The summed E-state index contributed by atoms with van der Waals surface area (Å²) in [5, 5.41) is 17.6. The van der Waals surface area contributed by atoms with Crippen LogP contribution < -0.4 is 14.8 Å². The van der Waals surface area contributed by atoms with Gasteiger partial charge < -0.3 is 14.8 Å². The van der Waals surface area contributed by atoms with Crippen LogP contribution in [0.1, 0.15) is 23.6 Å². The van der Waals surface area contributed by atoms with E-state index in [1.807, 2.05) is 85.9 Å². The molecule has 0 unspecified atom stereocenters. The second kappa shape index (κ2) is 13.2. The predicted molar refractivity (Wildman–Crippen MR) is 164 cm³/mol. The van der Waals surface area contributed by atoms with Crippen molar-refractivity contribution < 1.29 is 14.3 Å². The topological polar surface area (TPSA) is 89.2 Å². The fraction of sp³-hybridized carbons (Fsp3) is 0.114. The number of aryl methyl sites for hydroxylation is 1. The Kier molecular flexibility index (Phi) is 8.76. The Morgan fingerprint density at radius 1 is 0.929 bits per heavy atom. The SMILES string of the molecule is CCOc1ccc(NC(=O)C(C#N)=Cc2cn(-c3ccccc3)nc2-c2cccc(OCc3ccc(C)cc3)c2)cc1. The fourth-order valence-electron chi connectivity index (χ4n) is 4.32. The average molecular weight is 555 g/mol. The monoisotopic (exact) mass is 554 g/mol. The zero-order valence-electron chi connectivity index (χ0n) is 23.5. The Hall–Kier alpha value is -5.61. The molecule has 1 aromatic heterocycles. The van der Waals surface area contributed by atoms with Crippen molar-refractivity contribution in [1.82, 2.24) is 9.78 Å². The van der Waals surface area contributed by atoms with Crippen molar-refractivity contribution in [3.8, 4) is 34.5 Å². The van der Waals surface area contributed by atoms with Crippen LogP contribution >= 0.6 is 0 Å². The van der Waals surface area contributed by atoms with Gasteiger partial charge in [0.2, 0.25) is 0 Å². The van der Waals surface area contributed by atoms with Crippen molar-refractivity contribution in [3.63, 3.8) is 0 Å². The molecule has 1 heterocycles. The number of aromatic nitrogens is 2. The molecule has 0 aliphatic heterocycles. The Balaban J connectivity index is 1.45. The number of nitriles is 1. The van der Waals surface area contributed by atoms with E-state index in [9.17, 15) is 10.1 Å². The fourth-order valence-corrected chi connectivity index (χ4v) is 4.32. The normalized spacial score (nSPS) is 11.0. The summed E-state index contributed by atoms with van der Waals surface area (Å²) in [7, 11) is 0. The van der Waals surface area contributed by atoms with E-state index in [1.165, 1.54) is 5.56 Å². The van der Waals surface area contributed by atoms with Crippen molar-refractivity contribution >= 4 is 17.7 Å². The third kappa shape index (κ3) is 6.93. The molecule has 0 aliphatic rings. The number of amides is 1. The van der Waals surface area contributed by atoms with Gasteiger partial charge >= 0.3 is 0 Å². The molecule has 7 nitrogen and oxygen atoms in total. The lowest BCUT2D eigenvalue weighted by molar-refractivity contribution is -0.112. The number of ether oxygens (including phenoxy) is 2. The van der Waals surface area contributed by atoms with Gasteiger partial charge in [0.05, 0.1) is 12.3 Å². The summed E-state index contributed by atoms with van der Waals surface area (Å²) in [5.41, 5.74) is 5.64. The van der Waals surface area contributed by atoms with Gasteiger partial charge in [0.1, 0.15) is 35.4 Å². The average Bonchev–Trinajstić information content (AvgIpc) is 3.45. The minimum Gasteiger partial charge on any atom is -0.494 e. The van der Waals surface area contributed by atoms with E-state index in [0.717, 1.165) is 16.8 Å². The highest BCUT2D eigenvalue weighted by atomic mass is 16.5. The van der Waals surface area contributed by atoms with E-state index in [-0.39, 0.29) is 5.57 Å². The Labute approximate surface area is 245 Å². The molecule has 5 rings (SSSR count). The molecule has 42 heavy (non-hydrogen) atoms. The van der Waals surface area contributed by atoms with Crippen LogP contribution in [0, 0.1) is 18.3 Å². The third-order valence-electron chi connectivity index (χ3n) is 6.48. The zero-order chi connectivity index (χ0) is 29.3. The third-order valence-corrected chi connectivity index (χ3v) is 6.48. The molecule has 4 aromatic carbocycles. The van der Waals surface area contributed by atoms with Crippen molar-refractivity contribution in [2.24, 2.45) is 0 Å². The quantitative estimate of drug-likeness (QED) is 0.144. The molecule has 7 heteroatoms. The van der Waals surface area contributed by atoms with Crippen LogP contribution in [0.2, 0.25) is 0 Å². The predicted octanol–water partition coefficient (Wildman–Crippen LogP) is 7.37. The second-order valence-corrected chi connectivity index (χ2v) is 9.60. The number of nitrogens with one attached hydrogen (secondary N) is 1. The van der Waals surface area contributed by atoms with Gasteiger partial charge in [0, 0.05) is 23.0 Å². The van der Waals surface area contributed by atoms with Crippen LogP contribution in [-0.4, -0.2) is 22.3 Å². The van der Waals surface area contributed by atoms with Crippen molar-refractivity contribution in [3.05, 3.63) is 132 Å². The van der Waals surface area contributed by atoms with Crippen molar-refractivity contribution in [1.29, 1.82) is 5.26 Å². The van der Waals surface area contributed by atoms with Crippen LogP contribution in [0.25, 0.3) is 23.0 Å². The van der Waals surface area contributed by atoms with Crippen LogP contribution in [0.3, 0.4) is 0 Å². The highest BCUT2D eigenvalue weighted by Crippen LogP contribution is 2.29. The van der Waals surface area contributed by atoms with Gasteiger partial charge in [0.25, 0.3) is 5.91 Å². The van der Waals surface area contributed by atoms with E-state index in [4.69, 9.17) is 14.6 Å². The summed E-state index contributed by atoms with van der Waals surface area (Å²) in [6, 6.07) is 34.6. The summed E-state index contributed by atoms with van der Waals surface area (Å²) in [5.74, 6) is 0.871. The maximum Gasteiger partial charge on any atom is 0.266 e. The van der Waals surface area contributed by atoms with E-state index in [2.05, 4.69) is 24.4 Å². The largest absolute Gasteiger partial charge is 0.494 e. The Morgan fingerprint density at radius 2 is 1.69 bits per heavy atom. The van der Waals surface area contributed by atoms with Gasteiger partial charge in [-0.3, -0.25) is 4.79 Å². The number of rotatable bonds is 10. The zero-order valence-corrected chi connectivity index (χ0v) is 23.5. The summed E-state index contributed by atoms with van der Waals surface area (Å²) in [4.78, 5) is 13.1. The van der Waals surface area contributed by atoms with Crippen molar-refractivity contribution in [2.75, 3.05) is 11.9 Å². The summed E-state index contributed by atoms with van der Waals surface area (Å²) >= 11 is 0. The van der Waals surface area contributed by atoms with Gasteiger partial charge in [-0.15, -0.1) is 0 Å². The van der Waals surface area contributed by atoms with Crippen molar-refractivity contribution in [2.45, 2.75) is 20.5 Å². The van der Waals surface area contributed by atoms with Gasteiger partial charge in [0.15, 0.2) is 0 Å². The number of benzene rings is 4. The Bertz CT molecular complexity index is 1730. The first kappa shape index (κ1) is 27.9. The van der Waals surface area contributed by atoms with Crippen LogP contribution in [0.5, 0.6) is 11.5 Å². The Morgan fingerprint density at radius 3 is 2.40 bits per heavy atom. The molecular formula is C35H30N4O3. The summed E-state index contributed by atoms with van der Waals surface area (Å²) in [6.07, 6.45) is 3.37. The molecule has 0 aliphatic carbocycles. The first-order chi connectivity index (χ1) is 20.5. The molecule has 5 aromatic rings. The number of hydrogen-bond acceptors (Lipinski definition) is 5. The molecule has 0 radical (unpaired) electrons. The van der Waals surface area contributed by atoms with Crippen LogP contribution in [-0.2, 0) is 11.4 Å². The molecular weight excluding hydrogens is 524 g/mol. The van der Waals surface area contributed by atoms with Crippen LogP contribution in [0.15, 0.2) is 115 Å². The smallest absolute Gasteiger partial charge is 0.266 e. The first-order valence-electron chi connectivity index (χ1n) is 13.6. The highest BCUT2D eigenvalue weighted by molar-refractivity contribution is 6.10. The number of nitrogens with zero attached hydrogens (tertiary/aromatic N) is 3. The number of carbonyl (C=O) groups excluding carboxylic acids is 1. The molecule has 0 spiro atoms. The lowest BCUT2D eigenvalue weighted by atomic mass is 10.1. The number of anilines is 1. The second-order valence-electron chi connectivity index (χ2n) is 9.60. The minimum absolute atomic E-state index is 0.0514. The van der Waals surface area contributed by atoms with Gasteiger partial charge in [-0.1, -0.05) is 60.2 Å². The van der Waals surface area contributed by atoms with Crippen LogP contribution in [0.4, 0.5) is 5.69 Å². The first-order valence-corrected chi connectivity index (χ1v) is 13.6. The maximum atomic E-state index is 13.1. The molecule has 0 bridgehead atoms. The number of para-hydroxylation sites is 1. The number of carbonyl (C=O) groups is 1. The minimum atomic E-state index is -0.518. The lowest BCUT2D eigenvalue weighted by Crippen LogP contribution is -2.13. The summed E-state index contributed by atoms with van der Waals surface area (Å²) < 4.78 is 13.3. The molecule has 1 amide bonds. The molecule has 0 fully saturated rings. The van der Waals surface area contributed by atoms with Gasteiger partial charge in [-0.2, -0.15) is 10.4 Å². The molecule has 0 saturated heterocycles. The van der Waals surface area contributed by atoms with E-state index in [0.29, 0.717) is 41.7 Å². The molecule has 0 atom stereocenters. The maximum absolute atomic E-state index is 13.1.